The number of carbonyl (C=O) groups is 2. The average molecular weight is 394 g/mol. The van der Waals surface area contributed by atoms with Crippen molar-refractivity contribution in [3.05, 3.63) is 57.6 Å². The number of ketones is 1. The van der Waals surface area contributed by atoms with Crippen LogP contribution in [0.1, 0.15) is 44.9 Å². The van der Waals surface area contributed by atoms with Crippen molar-refractivity contribution in [1.82, 2.24) is 4.57 Å². The molecule has 2 aromatic rings. The van der Waals surface area contributed by atoms with Crippen LogP contribution in [0, 0.1) is 19.7 Å². The van der Waals surface area contributed by atoms with Crippen LogP contribution in [-0.2, 0) is 16.0 Å². The van der Waals surface area contributed by atoms with Crippen molar-refractivity contribution in [1.29, 1.82) is 0 Å². The van der Waals surface area contributed by atoms with Crippen LogP contribution in [0.3, 0.4) is 0 Å². The highest BCUT2D eigenvalue weighted by Crippen LogP contribution is 2.22. The fraction of sp³-hybridized carbons (Fsp3) is 0.400. The molecule has 1 atom stereocenters. The average Bonchev–Trinajstić information content (AvgIpc) is 3.23. The van der Waals surface area contributed by atoms with E-state index >= 15 is 0 Å². The zero-order chi connectivity index (χ0) is 19.6. The largest absolute Gasteiger partial charge is 0.454 e. The maximum absolute atomic E-state index is 13.8. The van der Waals surface area contributed by atoms with Crippen molar-refractivity contribution in [3.8, 4) is 0 Å². The predicted molar refractivity (Wildman–Crippen MR) is 98.9 cm³/mol. The monoisotopic (exact) mass is 393 g/mol. The molecule has 0 N–H and O–H groups in total. The number of nitrogens with zero attached hydrogens (tertiary/aromatic N) is 1. The zero-order valence-electron chi connectivity index (χ0n) is 15.3. The molecule has 7 heteroatoms. The third-order valence-corrected chi connectivity index (χ3v) is 5.10. The number of esters is 1. The zero-order valence-corrected chi connectivity index (χ0v) is 16.0. The Morgan fingerprint density at radius 1 is 1.37 bits per heavy atom. The lowest BCUT2D eigenvalue weighted by Crippen LogP contribution is -2.18. The highest BCUT2D eigenvalue weighted by atomic mass is 35.5. The lowest BCUT2D eigenvalue weighted by Gasteiger charge is -2.14. The van der Waals surface area contributed by atoms with E-state index in [0.717, 1.165) is 36.9 Å². The second kappa shape index (κ2) is 8.23. The Hall–Kier alpha value is -2.18. The minimum absolute atomic E-state index is 0.0535. The van der Waals surface area contributed by atoms with Crippen molar-refractivity contribution in [2.45, 2.75) is 39.3 Å². The Labute approximate surface area is 162 Å². The number of hydrogen-bond acceptors (Lipinski definition) is 4. The summed E-state index contributed by atoms with van der Waals surface area (Å²) in [6.07, 6.45) is 2.20. The van der Waals surface area contributed by atoms with Gasteiger partial charge in [0.1, 0.15) is 11.4 Å². The molecular weight excluding hydrogens is 373 g/mol. The molecule has 0 amide bonds. The van der Waals surface area contributed by atoms with Crippen molar-refractivity contribution in [3.63, 3.8) is 0 Å². The van der Waals surface area contributed by atoms with Gasteiger partial charge in [-0.2, -0.15) is 0 Å². The fourth-order valence-corrected chi connectivity index (χ4v) is 3.57. The quantitative estimate of drug-likeness (QED) is 0.547. The topological polar surface area (TPSA) is 57.5 Å². The summed E-state index contributed by atoms with van der Waals surface area (Å²) in [5.41, 5.74) is 1.86. The van der Waals surface area contributed by atoms with Gasteiger partial charge in [-0.3, -0.25) is 4.79 Å². The molecule has 27 heavy (non-hydrogen) atoms. The minimum Gasteiger partial charge on any atom is -0.454 e. The Kier molecular flexibility index (Phi) is 5.97. The number of rotatable bonds is 6. The van der Waals surface area contributed by atoms with E-state index in [2.05, 4.69) is 0 Å². The summed E-state index contributed by atoms with van der Waals surface area (Å²) in [4.78, 5) is 24.6. The number of aromatic nitrogens is 1. The van der Waals surface area contributed by atoms with Gasteiger partial charge in [-0.1, -0.05) is 17.7 Å². The van der Waals surface area contributed by atoms with Crippen LogP contribution in [0.25, 0.3) is 0 Å². The van der Waals surface area contributed by atoms with Crippen LogP contribution in [0.4, 0.5) is 4.39 Å². The molecule has 3 rings (SSSR count). The van der Waals surface area contributed by atoms with Crippen LogP contribution in [0.5, 0.6) is 0 Å². The van der Waals surface area contributed by atoms with E-state index in [9.17, 15) is 14.0 Å². The smallest absolute Gasteiger partial charge is 0.343 e. The summed E-state index contributed by atoms with van der Waals surface area (Å²) in [6, 6.07) is 5.67. The lowest BCUT2D eigenvalue weighted by molar-refractivity contribution is 0.0470. The molecule has 0 saturated carbocycles. The first-order chi connectivity index (χ1) is 12.9. The molecule has 1 fully saturated rings. The Morgan fingerprint density at radius 3 is 2.81 bits per heavy atom. The van der Waals surface area contributed by atoms with Gasteiger partial charge in [0.15, 0.2) is 6.61 Å². The molecule has 1 aromatic carbocycles. The normalized spacial score (nSPS) is 16.5. The Balaban J connectivity index is 1.68. The van der Waals surface area contributed by atoms with Crippen LogP contribution < -0.4 is 0 Å². The van der Waals surface area contributed by atoms with E-state index in [1.54, 1.807) is 6.07 Å². The van der Waals surface area contributed by atoms with Gasteiger partial charge in [-0.15, -0.1) is 0 Å². The number of hydrogen-bond donors (Lipinski definition) is 0. The van der Waals surface area contributed by atoms with Gasteiger partial charge < -0.3 is 14.0 Å². The van der Waals surface area contributed by atoms with Crippen LogP contribution >= 0.6 is 11.6 Å². The van der Waals surface area contributed by atoms with E-state index in [1.807, 2.05) is 18.4 Å². The van der Waals surface area contributed by atoms with Gasteiger partial charge >= 0.3 is 5.97 Å². The molecule has 1 aromatic heterocycles. The van der Waals surface area contributed by atoms with Crippen molar-refractivity contribution < 1.29 is 23.5 Å². The van der Waals surface area contributed by atoms with E-state index < -0.39 is 18.4 Å². The van der Waals surface area contributed by atoms with Crippen molar-refractivity contribution in [2.24, 2.45) is 0 Å². The highest BCUT2D eigenvalue weighted by Gasteiger charge is 2.23. The first-order valence-corrected chi connectivity index (χ1v) is 9.19. The SMILES string of the molecule is Cc1cc(C(=O)COC(=O)c2c(F)cccc2Cl)c(C)n1C[C@H]1CCCO1. The lowest BCUT2D eigenvalue weighted by atomic mass is 10.1. The van der Waals surface area contributed by atoms with Gasteiger partial charge in [0.25, 0.3) is 0 Å². The molecular formula is C20H21ClFNO4. The van der Waals surface area contributed by atoms with Crippen LogP contribution in [-0.4, -0.2) is 35.6 Å². The van der Waals surface area contributed by atoms with Crippen LogP contribution in [0.15, 0.2) is 24.3 Å². The molecule has 1 aliphatic rings. The third kappa shape index (κ3) is 4.22. The van der Waals surface area contributed by atoms with Gasteiger partial charge in [0.2, 0.25) is 5.78 Å². The Bertz CT molecular complexity index is 851. The molecule has 0 unspecified atom stereocenters. The molecule has 1 saturated heterocycles. The molecule has 144 valence electrons. The number of ether oxygens (including phenoxy) is 2. The second-order valence-corrected chi connectivity index (χ2v) is 7.03. The summed E-state index contributed by atoms with van der Waals surface area (Å²) in [5.74, 6) is -2.09. The second-order valence-electron chi connectivity index (χ2n) is 6.63. The summed E-state index contributed by atoms with van der Waals surface area (Å²) >= 11 is 5.85. The Morgan fingerprint density at radius 2 is 2.15 bits per heavy atom. The van der Waals surface area contributed by atoms with Gasteiger partial charge in [-0.25, -0.2) is 9.18 Å². The first-order valence-electron chi connectivity index (χ1n) is 8.81. The number of halogens is 2. The maximum Gasteiger partial charge on any atom is 0.343 e. The number of aryl methyl sites for hydroxylation is 1. The molecule has 1 aliphatic heterocycles. The number of carbonyl (C=O) groups excluding carboxylic acids is 2. The van der Waals surface area contributed by atoms with E-state index in [4.69, 9.17) is 21.1 Å². The van der Waals surface area contributed by atoms with E-state index in [-0.39, 0.29) is 22.5 Å². The van der Waals surface area contributed by atoms with E-state index in [1.165, 1.54) is 12.1 Å². The van der Waals surface area contributed by atoms with Gasteiger partial charge in [-0.05, 0) is 44.9 Å². The maximum atomic E-state index is 13.8. The summed E-state index contributed by atoms with van der Waals surface area (Å²) < 4.78 is 26.5. The standard InChI is InChI=1S/C20H21ClFNO4/c1-12-9-15(13(2)23(12)10-14-5-4-8-26-14)18(24)11-27-20(25)19-16(21)6-3-7-17(19)22/h3,6-7,9,14H,4-5,8,10-11H2,1-2H3/t14-/m1/s1. The summed E-state index contributed by atoms with van der Waals surface area (Å²) in [6.45, 7) is 4.75. The fourth-order valence-electron chi connectivity index (χ4n) is 3.33. The predicted octanol–water partition coefficient (Wildman–Crippen LogP) is 4.12. The summed E-state index contributed by atoms with van der Waals surface area (Å²) in [7, 11) is 0. The molecule has 0 radical (unpaired) electrons. The first kappa shape index (κ1) is 19.6. The van der Waals surface area contributed by atoms with Gasteiger partial charge in [0, 0.05) is 30.1 Å². The van der Waals surface area contributed by atoms with Gasteiger partial charge in [0.05, 0.1) is 11.1 Å². The molecule has 2 heterocycles. The minimum atomic E-state index is -0.959. The molecule has 0 aliphatic carbocycles. The molecule has 5 nitrogen and oxygen atoms in total. The van der Waals surface area contributed by atoms with Crippen LogP contribution in [0.2, 0.25) is 5.02 Å². The molecule has 0 spiro atoms. The summed E-state index contributed by atoms with van der Waals surface area (Å²) in [5, 5.41) is -0.0535. The number of benzene rings is 1. The van der Waals surface area contributed by atoms with Crippen molar-refractivity contribution >= 4 is 23.4 Å². The number of Topliss-reactive ketones (excluding diaryl/α,β-unsaturated/α-hetero) is 1. The molecule has 0 bridgehead atoms. The third-order valence-electron chi connectivity index (χ3n) is 4.79. The highest BCUT2D eigenvalue weighted by molar-refractivity contribution is 6.33. The van der Waals surface area contributed by atoms with E-state index in [0.29, 0.717) is 12.1 Å². The van der Waals surface area contributed by atoms with Crippen molar-refractivity contribution in [2.75, 3.05) is 13.2 Å².